The number of rotatable bonds is 11. The molecule has 1 fully saturated rings. The van der Waals surface area contributed by atoms with Gasteiger partial charge < -0.3 is 24.1 Å². The Labute approximate surface area is 311 Å². The molecule has 2 aliphatic rings. The number of fused-ring (bicyclic) bond motifs is 1. The number of Topliss-reactive ketones (excluding diaryl/α,β-unsaturated/α-hetero) is 1. The Hall–Kier alpha value is -4.75. The van der Waals surface area contributed by atoms with Gasteiger partial charge in [0.1, 0.15) is 25.6 Å². The first-order valence-corrected chi connectivity index (χ1v) is 18.4. The summed E-state index contributed by atoms with van der Waals surface area (Å²) in [5, 5.41) is 21.6. The zero-order chi connectivity index (χ0) is 35.5. The lowest BCUT2D eigenvalue weighted by molar-refractivity contribution is -0.132. The molecule has 0 bridgehead atoms. The Morgan fingerprint density at radius 2 is 1.75 bits per heavy atom. The van der Waals surface area contributed by atoms with Crippen LogP contribution in [0.25, 0.3) is 5.76 Å². The van der Waals surface area contributed by atoms with Crippen LogP contribution in [0, 0.1) is 0 Å². The molecule has 10 nitrogen and oxygen atoms in total. The molecular weight excluding hydrogens is 733 g/mol. The molecule has 1 atom stereocenters. The first-order valence-electron chi connectivity index (χ1n) is 15.9. The van der Waals surface area contributed by atoms with E-state index in [0.717, 1.165) is 22.5 Å². The second-order valence-electron chi connectivity index (χ2n) is 11.3. The van der Waals surface area contributed by atoms with Gasteiger partial charge in [-0.2, -0.15) is 0 Å². The summed E-state index contributed by atoms with van der Waals surface area (Å²) in [5.74, 6) is 0.160. The summed E-state index contributed by atoms with van der Waals surface area (Å²) in [6.45, 7) is 3.21. The van der Waals surface area contributed by atoms with Crippen LogP contribution < -0.4 is 23.8 Å². The highest BCUT2D eigenvalue weighted by Gasteiger charge is 2.48. The lowest BCUT2D eigenvalue weighted by atomic mass is 9.95. The third kappa shape index (κ3) is 7.36. The molecule has 1 amide bonds. The van der Waals surface area contributed by atoms with Gasteiger partial charge in [-0.15, -0.1) is 10.2 Å². The van der Waals surface area contributed by atoms with Crippen LogP contribution in [0.1, 0.15) is 35.2 Å². The van der Waals surface area contributed by atoms with Crippen molar-refractivity contribution in [1.82, 2.24) is 10.2 Å². The average molecular weight is 763 g/mol. The van der Waals surface area contributed by atoms with Crippen molar-refractivity contribution in [2.24, 2.45) is 0 Å². The van der Waals surface area contributed by atoms with Gasteiger partial charge in [-0.1, -0.05) is 88.8 Å². The number of hydrogen-bond donors (Lipinski definition) is 1. The Morgan fingerprint density at radius 3 is 2.53 bits per heavy atom. The van der Waals surface area contributed by atoms with E-state index >= 15 is 0 Å². The number of thioether (sulfide) groups is 1. The predicted octanol–water partition coefficient (Wildman–Crippen LogP) is 8.51. The van der Waals surface area contributed by atoms with Crippen LogP contribution in [0.5, 0.6) is 23.0 Å². The van der Waals surface area contributed by atoms with Gasteiger partial charge in [0.2, 0.25) is 5.13 Å². The number of halogens is 2. The third-order valence-electron chi connectivity index (χ3n) is 8.05. The molecule has 2 aliphatic heterocycles. The van der Waals surface area contributed by atoms with Crippen LogP contribution in [-0.2, 0) is 21.9 Å². The standard InChI is InChI=1S/C37H29Cl2N3O7S2/c1-2-46-29-16-22(9-12-28(29)49-19-21-6-4-3-5-7-21)32-31(33(43)23-10-13-27-30(17-23)48-15-14-47-27)34(44)35(45)42(32)36-40-41-37(51-36)50-20-24-8-11-25(38)18-26(24)39/h3-13,16-18,32,43H,2,14-15,19-20H2,1H3/t32-/m0/s1. The molecule has 1 saturated heterocycles. The van der Waals surface area contributed by atoms with Gasteiger partial charge in [-0.05, 0) is 66.1 Å². The van der Waals surface area contributed by atoms with Crippen molar-refractivity contribution in [2.75, 3.05) is 24.7 Å². The first-order chi connectivity index (χ1) is 24.8. The van der Waals surface area contributed by atoms with Gasteiger partial charge in [0, 0.05) is 21.4 Å². The van der Waals surface area contributed by atoms with Gasteiger partial charge in [-0.3, -0.25) is 14.5 Å². The Kier molecular flexibility index (Phi) is 10.4. The molecule has 5 aromatic rings. The van der Waals surface area contributed by atoms with E-state index in [-0.39, 0.29) is 22.0 Å². The smallest absolute Gasteiger partial charge is 0.301 e. The maximum Gasteiger partial charge on any atom is 0.301 e. The SMILES string of the molecule is CCOc1cc([C@H]2C(=C(O)c3ccc4c(c3)OCCO4)C(=O)C(=O)N2c2nnc(SCc3ccc(Cl)cc3Cl)s2)ccc1OCc1ccccc1. The van der Waals surface area contributed by atoms with Crippen LogP contribution in [-0.4, -0.2) is 46.8 Å². The molecule has 14 heteroatoms. The highest BCUT2D eigenvalue weighted by molar-refractivity contribution is 8.00. The molecule has 3 heterocycles. The number of aromatic nitrogens is 2. The molecule has 0 saturated carbocycles. The van der Waals surface area contributed by atoms with Crippen molar-refractivity contribution < 1.29 is 33.6 Å². The van der Waals surface area contributed by atoms with Crippen LogP contribution in [0.3, 0.4) is 0 Å². The fourth-order valence-electron chi connectivity index (χ4n) is 5.65. The summed E-state index contributed by atoms with van der Waals surface area (Å²) in [7, 11) is 0. The van der Waals surface area contributed by atoms with Crippen molar-refractivity contribution in [3.05, 3.63) is 123 Å². The number of benzene rings is 4. The summed E-state index contributed by atoms with van der Waals surface area (Å²) in [5.41, 5.74) is 2.46. The van der Waals surface area contributed by atoms with E-state index in [1.807, 2.05) is 43.3 Å². The normalized spacial score (nSPS) is 16.4. The molecule has 1 aromatic heterocycles. The van der Waals surface area contributed by atoms with Crippen molar-refractivity contribution in [3.63, 3.8) is 0 Å². The van der Waals surface area contributed by atoms with Crippen molar-refractivity contribution in [2.45, 2.75) is 29.7 Å². The second-order valence-corrected chi connectivity index (χ2v) is 14.3. The Bertz CT molecular complexity index is 2140. The number of ether oxygens (including phenoxy) is 4. The highest BCUT2D eigenvalue weighted by atomic mass is 35.5. The van der Waals surface area contributed by atoms with Crippen LogP contribution >= 0.6 is 46.3 Å². The molecule has 7 rings (SSSR count). The van der Waals surface area contributed by atoms with E-state index in [1.165, 1.54) is 16.7 Å². The summed E-state index contributed by atoms with van der Waals surface area (Å²) >= 11 is 14.9. The zero-order valence-electron chi connectivity index (χ0n) is 27.0. The van der Waals surface area contributed by atoms with Gasteiger partial charge in [-0.25, -0.2) is 0 Å². The van der Waals surface area contributed by atoms with Crippen molar-refractivity contribution >= 4 is 68.9 Å². The number of amides is 1. The lowest BCUT2D eigenvalue weighted by Gasteiger charge is -2.24. The van der Waals surface area contributed by atoms with E-state index in [2.05, 4.69) is 10.2 Å². The Morgan fingerprint density at radius 1 is 0.941 bits per heavy atom. The van der Waals surface area contributed by atoms with E-state index in [0.29, 0.717) is 75.1 Å². The predicted molar refractivity (Wildman–Crippen MR) is 197 cm³/mol. The molecule has 4 aromatic carbocycles. The number of nitrogens with zero attached hydrogens (tertiary/aromatic N) is 3. The first kappa shape index (κ1) is 34.7. The van der Waals surface area contributed by atoms with Crippen LogP contribution in [0.15, 0.2) is 94.8 Å². The van der Waals surface area contributed by atoms with Gasteiger partial charge in [0.15, 0.2) is 27.3 Å². The average Bonchev–Trinajstić information content (AvgIpc) is 3.72. The molecule has 0 aliphatic carbocycles. The number of carbonyl (C=O) groups excluding carboxylic acids is 2. The van der Waals surface area contributed by atoms with Gasteiger partial charge in [0.05, 0.1) is 18.2 Å². The summed E-state index contributed by atoms with van der Waals surface area (Å²) in [4.78, 5) is 29.1. The fraction of sp³-hybridized carbons (Fsp3) is 0.189. The number of ketones is 1. The van der Waals surface area contributed by atoms with Crippen molar-refractivity contribution in [3.8, 4) is 23.0 Å². The number of aliphatic hydroxyl groups excluding tert-OH is 1. The molecular formula is C37H29Cl2N3O7S2. The highest BCUT2D eigenvalue weighted by Crippen LogP contribution is 2.46. The number of anilines is 1. The van der Waals surface area contributed by atoms with Crippen LogP contribution in [0.2, 0.25) is 10.0 Å². The zero-order valence-corrected chi connectivity index (χ0v) is 30.2. The molecule has 0 unspecified atom stereocenters. The van der Waals surface area contributed by atoms with E-state index in [9.17, 15) is 14.7 Å². The number of hydrogen-bond acceptors (Lipinski definition) is 11. The summed E-state index contributed by atoms with van der Waals surface area (Å²) < 4.78 is 24.0. The summed E-state index contributed by atoms with van der Waals surface area (Å²) in [6.07, 6.45) is 0. The van der Waals surface area contributed by atoms with Gasteiger partial charge in [0.25, 0.3) is 5.78 Å². The Balaban J connectivity index is 1.28. The molecule has 1 N–H and O–H groups in total. The maximum absolute atomic E-state index is 13.9. The minimum absolute atomic E-state index is 0.130. The molecule has 0 spiro atoms. The van der Waals surface area contributed by atoms with Crippen LogP contribution in [0.4, 0.5) is 5.13 Å². The quantitative estimate of drug-likeness (QED) is 0.0461. The van der Waals surface area contributed by atoms with Crippen molar-refractivity contribution in [1.29, 1.82) is 0 Å². The maximum atomic E-state index is 13.9. The largest absolute Gasteiger partial charge is 0.507 e. The number of carbonyl (C=O) groups is 2. The second kappa shape index (κ2) is 15.2. The van der Waals surface area contributed by atoms with E-state index < -0.39 is 17.7 Å². The van der Waals surface area contributed by atoms with Gasteiger partial charge >= 0.3 is 5.91 Å². The van der Waals surface area contributed by atoms with E-state index in [4.69, 9.17) is 42.1 Å². The van der Waals surface area contributed by atoms with E-state index in [1.54, 1.807) is 48.5 Å². The fourth-order valence-corrected chi connectivity index (χ4v) is 8.07. The lowest BCUT2D eigenvalue weighted by Crippen LogP contribution is -2.29. The third-order valence-corrected chi connectivity index (χ3v) is 10.7. The summed E-state index contributed by atoms with van der Waals surface area (Å²) in [6, 6.07) is 23.9. The minimum atomic E-state index is -1.09. The molecule has 0 radical (unpaired) electrons. The number of aliphatic hydroxyl groups is 1. The monoisotopic (exact) mass is 761 g/mol. The topological polar surface area (TPSA) is 120 Å². The molecule has 260 valence electrons. The molecule has 51 heavy (non-hydrogen) atoms. The minimum Gasteiger partial charge on any atom is -0.507 e.